The number of nitrogens with zero attached hydrogens (tertiary/aromatic N) is 1. The van der Waals surface area contributed by atoms with Crippen molar-refractivity contribution < 1.29 is 9.18 Å². The first-order chi connectivity index (χ1) is 13.3. The summed E-state index contributed by atoms with van der Waals surface area (Å²) in [5.41, 5.74) is 3.94. The number of benzene rings is 1. The topological polar surface area (TPSA) is 77.3 Å². The Morgan fingerprint density at radius 1 is 1.32 bits per heavy atom. The van der Waals surface area contributed by atoms with Gasteiger partial charge in [-0.3, -0.25) is 9.79 Å². The molecule has 0 saturated heterocycles. The Kier molecular flexibility index (Phi) is 7.44. The summed E-state index contributed by atoms with van der Waals surface area (Å²) in [4.78, 5) is 16.6. The van der Waals surface area contributed by atoms with Crippen LogP contribution in [0.3, 0.4) is 0 Å². The molecular formula is C22H27FN4O. The van der Waals surface area contributed by atoms with Crippen molar-refractivity contribution in [1.82, 2.24) is 5.32 Å². The molecule has 1 amide bonds. The largest absolute Gasteiger partial charge is 0.356 e. The van der Waals surface area contributed by atoms with Gasteiger partial charge in [0.05, 0.1) is 11.7 Å². The van der Waals surface area contributed by atoms with Crippen LogP contribution < -0.4 is 10.6 Å². The molecule has 0 radical (unpaired) electrons. The van der Waals surface area contributed by atoms with Crippen LogP contribution in [0, 0.1) is 11.2 Å². The molecular weight excluding hydrogens is 355 g/mol. The van der Waals surface area contributed by atoms with E-state index in [1.165, 1.54) is 12.3 Å². The fraction of sp³-hybridized carbons (Fsp3) is 0.318. The molecule has 0 heterocycles. The molecule has 1 aromatic carbocycles. The highest BCUT2D eigenvalue weighted by Gasteiger charge is 2.24. The smallest absolute Gasteiger partial charge is 0.269 e. The monoisotopic (exact) mass is 382 g/mol. The Morgan fingerprint density at radius 3 is 2.68 bits per heavy atom. The number of allylic oxidation sites excluding steroid dienone is 3. The molecule has 1 unspecified atom stereocenters. The molecule has 0 fully saturated rings. The minimum Gasteiger partial charge on any atom is -0.356 e. The quantitative estimate of drug-likeness (QED) is 0.470. The number of aliphatic imine (C=N–C) groups is 1. The van der Waals surface area contributed by atoms with E-state index < -0.39 is 0 Å². The zero-order valence-electron chi connectivity index (χ0n) is 16.6. The van der Waals surface area contributed by atoms with Gasteiger partial charge < -0.3 is 16.0 Å². The van der Waals surface area contributed by atoms with Crippen LogP contribution in [0.5, 0.6) is 0 Å². The second-order valence-electron chi connectivity index (χ2n) is 6.99. The van der Waals surface area contributed by atoms with E-state index >= 15 is 0 Å². The average molecular weight is 382 g/mol. The predicted octanol–water partition coefficient (Wildman–Crippen LogP) is 4.75. The zero-order chi connectivity index (χ0) is 20.7. The maximum atomic E-state index is 14.0. The molecule has 3 N–H and O–H groups in total. The van der Waals surface area contributed by atoms with Crippen molar-refractivity contribution in [2.45, 2.75) is 46.1 Å². The average Bonchev–Trinajstić information content (AvgIpc) is 2.67. The summed E-state index contributed by atoms with van der Waals surface area (Å²) >= 11 is 0. The minimum absolute atomic E-state index is 0.110. The maximum absolute atomic E-state index is 14.0. The number of hydrogen-bond donors (Lipinski definition) is 3. The number of hydrogen-bond acceptors (Lipinski definition) is 4. The van der Waals surface area contributed by atoms with Crippen LogP contribution in [0.1, 0.15) is 40.0 Å². The van der Waals surface area contributed by atoms with Gasteiger partial charge in [-0.1, -0.05) is 24.3 Å². The van der Waals surface area contributed by atoms with Crippen LogP contribution in [-0.4, -0.2) is 24.4 Å². The van der Waals surface area contributed by atoms with Crippen molar-refractivity contribution in [2.24, 2.45) is 4.99 Å². The molecule has 28 heavy (non-hydrogen) atoms. The molecule has 0 bridgehead atoms. The van der Waals surface area contributed by atoms with Gasteiger partial charge in [-0.15, -0.1) is 0 Å². The standard InChI is InChI=1S/C22H27FN4O/c1-14(2)15(3)13-25-16(4)22(28)27-20-11-7-10-19(17(20)12-24)26-21-9-6-5-8-18(21)23/h5-6,8-9,12-13,20,24,26H,4,7,10-11H2,1-3H3,(H,27,28)/b24-12?,25-13-. The molecule has 0 aliphatic heterocycles. The summed E-state index contributed by atoms with van der Waals surface area (Å²) < 4.78 is 14.0. The van der Waals surface area contributed by atoms with Crippen LogP contribution in [0.15, 0.2) is 64.0 Å². The number of anilines is 1. The lowest BCUT2D eigenvalue weighted by molar-refractivity contribution is -0.118. The number of carbonyl (C=O) groups excluding carboxylic acids is 1. The summed E-state index contributed by atoms with van der Waals surface area (Å²) in [5.74, 6) is -0.739. The van der Waals surface area contributed by atoms with E-state index in [4.69, 9.17) is 5.41 Å². The van der Waals surface area contributed by atoms with Gasteiger partial charge in [-0.25, -0.2) is 4.39 Å². The second kappa shape index (κ2) is 9.78. The highest BCUT2D eigenvalue weighted by Crippen LogP contribution is 2.27. The minimum atomic E-state index is -0.380. The first-order valence-electron chi connectivity index (χ1n) is 9.26. The number of amides is 1. The fourth-order valence-corrected chi connectivity index (χ4v) is 2.79. The second-order valence-corrected chi connectivity index (χ2v) is 6.99. The van der Waals surface area contributed by atoms with Gasteiger partial charge in [-0.05, 0) is 57.7 Å². The van der Waals surface area contributed by atoms with Gasteiger partial charge >= 0.3 is 0 Å². The Balaban J connectivity index is 2.15. The third kappa shape index (κ3) is 5.49. The third-order valence-electron chi connectivity index (χ3n) is 4.73. The highest BCUT2D eigenvalue weighted by molar-refractivity contribution is 5.96. The van der Waals surface area contributed by atoms with Crippen LogP contribution in [0.25, 0.3) is 0 Å². The number of halogens is 1. The highest BCUT2D eigenvalue weighted by atomic mass is 19.1. The van der Waals surface area contributed by atoms with Crippen molar-refractivity contribution in [2.75, 3.05) is 5.32 Å². The molecule has 1 aromatic rings. The third-order valence-corrected chi connectivity index (χ3v) is 4.73. The molecule has 0 aromatic heterocycles. The molecule has 148 valence electrons. The van der Waals surface area contributed by atoms with E-state index in [1.54, 1.807) is 24.4 Å². The van der Waals surface area contributed by atoms with Gasteiger partial charge in [0.25, 0.3) is 5.91 Å². The summed E-state index contributed by atoms with van der Waals surface area (Å²) in [7, 11) is 0. The van der Waals surface area contributed by atoms with Gasteiger partial charge in [0.15, 0.2) is 0 Å². The van der Waals surface area contributed by atoms with E-state index in [-0.39, 0.29) is 23.5 Å². The molecule has 0 spiro atoms. The van der Waals surface area contributed by atoms with E-state index in [9.17, 15) is 9.18 Å². The normalized spacial score (nSPS) is 16.6. The number of nitrogens with one attached hydrogen (secondary N) is 3. The lowest BCUT2D eigenvalue weighted by Gasteiger charge is -2.28. The summed E-state index contributed by atoms with van der Waals surface area (Å²) in [5, 5.41) is 13.8. The first-order valence-corrected chi connectivity index (χ1v) is 9.26. The maximum Gasteiger partial charge on any atom is 0.269 e. The summed E-state index contributed by atoms with van der Waals surface area (Å²) in [6.45, 7) is 9.59. The van der Waals surface area contributed by atoms with Gasteiger partial charge in [0.2, 0.25) is 0 Å². The SMILES string of the molecule is C=C(/N=C\C(C)=C(C)C)C(=O)NC1CCCC(Nc2ccccc2F)=C1C=N. The van der Waals surface area contributed by atoms with Crippen molar-refractivity contribution in [3.05, 3.63) is 64.8 Å². The lowest BCUT2D eigenvalue weighted by atomic mass is 9.91. The Bertz CT molecular complexity index is 863. The molecule has 1 atom stereocenters. The molecule has 6 heteroatoms. The van der Waals surface area contributed by atoms with Crippen LogP contribution >= 0.6 is 0 Å². The summed E-state index contributed by atoms with van der Waals surface area (Å²) in [6.07, 6.45) is 5.03. The van der Waals surface area contributed by atoms with Crippen molar-refractivity contribution in [1.29, 1.82) is 5.41 Å². The van der Waals surface area contributed by atoms with Crippen LogP contribution in [0.4, 0.5) is 10.1 Å². The van der Waals surface area contributed by atoms with Crippen molar-refractivity contribution >= 4 is 24.0 Å². The van der Waals surface area contributed by atoms with E-state index in [0.29, 0.717) is 24.1 Å². The van der Waals surface area contributed by atoms with E-state index in [0.717, 1.165) is 23.3 Å². The number of para-hydroxylation sites is 1. The predicted molar refractivity (Wildman–Crippen MR) is 113 cm³/mol. The van der Waals surface area contributed by atoms with Gasteiger partial charge in [0.1, 0.15) is 11.5 Å². The van der Waals surface area contributed by atoms with Crippen LogP contribution in [-0.2, 0) is 4.79 Å². The first kappa shape index (κ1) is 21.3. The molecule has 1 aliphatic carbocycles. The molecule has 2 rings (SSSR count). The van der Waals surface area contributed by atoms with E-state index in [2.05, 4.69) is 22.2 Å². The Hall–Kier alpha value is -3.02. The Morgan fingerprint density at radius 2 is 2.04 bits per heavy atom. The van der Waals surface area contributed by atoms with Crippen LogP contribution in [0.2, 0.25) is 0 Å². The van der Waals surface area contributed by atoms with Crippen molar-refractivity contribution in [3.63, 3.8) is 0 Å². The lowest BCUT2D eigenvalue weighted by Crippen LogP contribution is -2.39. The molecule has 1 aliphatic rings. The zero-order valence-corrected chi connectivity index (χ0v) is 16.6. The number of rotatable bonds is 7. The van der Waals surface area contributed by atoms with Gasteiger partial charge in [-0.2, -0.15) is 0 Å². The number of carbonyl (C=O) groups is 1. The van der Waals surface area contributed by atoms with Crippen molar-refractivity contribution in [3.8, 4) is 0 Å². The Labute approximate surface area is 165 Å². The molecule has 0 saturated carbocycles. The van der Waals surface area contributed by atoms with E-state index in [1.807, 2.05) is 20.8 Å². The summed E-state index contributed by atoms with van der Waals surface area (Å²) in [6, 6.07) is 6.05. The molecule has 5 nitrogen and oxygen atoms in total. The van der Waals surface area contributed by atoms with Gasteiger partial charge in [0, 0.05) is 23.7 Å². The fourth-order valence-electron chi connectivity index (χ4n) is 2.79.